The fourth-order valence-electron chi connectivity index (χ4n) is 5.02. The molecule has 1 amide bonds. The van der Waals surface area contributed by atoms with E-state index < -0.39 is 0 Å². The molecule has 34 heavy (non-hydrogen) atoms. The fraction of sp³-hybridized carbons (Fsp3) is 0.286. The average molecular weight is 456 g/mol. The van der Waals surface area contributed by atoms with Crippen LogP contribution in [0, 0.1) is 5.92 Å². The highest BCUT2D eigenvalue weighted by atomic mass is 16.5. The quantitative estimate of drug-likeness (QED) is 0.625. The predicted molar refractivity (Wildman–Crippen MR) is 136 cm³/mol. The van der Waals surface area contributed by atoms with Crippen LogP contribution in [0.2, 0.25) is 0 Å². The molecule has 0 fully saturated rings. The minimum Gasteiger partial charge on any atom is -0.493 e. The molecule has 1 atom stereocenters. The molecule has 0 saturated carbocycles. The van der Waals surface area contributed by atoms with Gasteiger partial charge in [0.05, 0.1) is 14.2 Å². The Morgan fingerprint density at radius 2 is 1.91 bits per heavy atom. The number of hydrogen-bond donors (Lipinski definition) is 0. The number of fused-ring (bicyclic) bond motifs is 2. The van der Waals surface area contributed by atoms with Crippen molar-refractivity contribution in [3.05, 3.63) is 77.1 Å². The Labute approximate surface area is 200 Å². The number of methoxy groups -OCH3 is 2. The van der Waals surface area contributed by atoms with Gasteiger partial charge in [0.25, 0.3) is 5.91 Å². The van der Waals surface area contributed by atoms with Gasteiger partial charge < -0.3 is 14.4 Å². The predicted octanol–water partition coefficient (Wildman–Crippen LogP) is 5.16. The van der Waals surface area contributed by atoms with Crippen LogP contribution in [-0.4, -0.2) is 45.0 Å². The van der Waals surface area contributed by atoms with Crippen LogP contribution < -0.4 is 14.4 Å². The highest BCUT2D eigenvalue weighted by Gasteiger charge is 2.37. The topological polar surface area (TPSA) is 54.4 Å². The first-order valence-corrected chi connectivity index (χ1v) is 11.5. The van der Waals surface area contributed by atoms with E-state index in [1.165, 1.54) is 0 Å². The minimum absolute atomic E-state index is 0.0174. The zero-order valence-corrected chi connectivity index (χ0v) is 20.0. The first kappa shape index (κ1) is 22.0. The summed E-state index contributed by atoms with van der Waals surface area (Å²) >= 11 is 0. The summed E-state index contributed by atoms with van der Waals surface area (Å²) < 4.78 is 10.9. The third-order valence-corrected chi connectivity index (χ3v) is 6.71. The normalized spacial score (nSPS) is 18.1. The number of amides is 1. The summed E-state index contributed by atoms with van der Waals surface area (Å²) in [6, 6.07) is 9.88. The zero-order chi connectivity index (χ0) is 23.8. The van der Waals surface area contributed by atoms with E-state index in [0.717, 1.165) is 58.6 Å². The molecule has 1 aliphatic carbocycles. The molecule has 5 rings (SSSR count). The van der Waals surface area contributed by atoms with Gasteiger partial charge in [0, 0.05) is 49.2 Å². The molecule has 0 radical (unpaired) electrons. The molecule has 0 bridgehead atoms. The molecule has 1 unspecified atom stereocenters. The van der Waals surface area contributed by atoms with Gasteiger partial charge in [-0.25, -0.2) is 4.99 Å². The molecule has 2 heterocycles. The molecule has 3 aliphatic rings. The second-order valence-corrected chi connectivity index (χ2v) is 8.85. The number of allylic oxidation sites excluding steroid dienone is 2. The van der Waals surface area contributed by atoms with Gasteiger partial charge in [-0.1, -0.05) is 24.3 Å². The Morgan fingerprint density at radius 3 is 2.68 bits per heavy atom. The van der Waals surface area contributed by atoms with Crippen molar-refractivity contribution in [1.82, 2.24) is 4.90 Å². The molecule has 2 aromatic rings. The van der Waals surface area contributed by atoms with Crippen molar-refractivity contribution in [2.45, 2.75) is 19.3 Å². The van der Waals surface area contributed by atoms with Crippen molar-refractivity contribution in [2.24, 2.45) is 10.9 Å². The number of anilines is 1. The second-order valence-electron chi connectivity index (χ2n) is 8.85. The van der Waals surface area contributed by atoms with Crippen molar-refractivity contribution in [3.63, 3.8) is 0 Å². The number of nitrogens with zero attached hydrogens (tertiary/aromatic N) is 3. The van der Waals surface area contributed by atoms with E-state index in [-0.39, 0.29) is 11.8 Å². The highest BCUT2D eigenvalue weighted by Crippen LogP contribution is 2.41. The lowest BCUT2D eigenvalue weighted by molar-refractivity contribution is 0.0887. The van der Waals surface area contributed by atoms with Crippen LogP contribution in [-0.2, 0) is 6.42 Å². The van der Waals surface area contributed by atoms with Crippen molar-refractivity contribution < 1.29 is 14.3 Å². The minimum atomic E-state index is -0.0358. The van der Waals surface area contributed by atoms with Crippen molar-refractivity contribution >= 4 is 29.1 Å². The zero-order valence-electron chi connectivity index (χ0n) is 20.0. The number of hydrogen-bond acceptors (Lipinski definition) is 5. The lowest BCUT2D eigenvalue weighted by Gasteiger charge is -2.25. The third-order valence-electron chi connectivity index (χ3n) is 6.71. The maximum Gasteiger partial charge on any atom is 0.263 e. The van der Waals surface area contributed by atoms with E-state index >= 15 is 0 Å². The van der Waals surface area contributed by atoms with E-state index in [4.69, 9.17) is 9.47 Å². The molecule has 0 aromatic heterocycles. The van der Waals surface area contributed by atoms with Gasteiger partial charge in [-0.2, -0.15) is 0 Å². The van der Waals surface area contributed by atoms with Crippen molar-refractivity contribution in [2.75, 3.05) is 33.2 Å². The largest absolute Gasteiger partial charge is 0.493 e. The smallest absolute Gasteiger partial charge is 0.263 e. The second kappa shape index (κ2) is 8.86. The molecule has 6 heteroatoms. The van der Waals surface area contributed by atoms with Crippen LogP contribution in [0.5, 0.6) is 11.5 Å². The van der Waals surface area contributed by atoms with Gasteiger partial charge in [0.1, 0.15) is 5.84 Å². The summed E-state index contributed by atoms with van der Waals surface area (Å²) in [6.45, 7) is 0. The monoisotopic (exact) mass is 455 g/mol. The van der Waals surface area contributed by atoms with Gasteiger partial charge in [-0.3, -0.25) is 9.69 Å². The lowest BCUT2D eigenvalue weighted by Crippen LogP contribution is -2.34. The lowest BCUT2D eigenvalue weighted by atomic mass is 9.90. The average Bonchev–Trinajstić information content (AvgIpc) is 3.26. The number of amidine groups is 1. The van der Waals surface area contributed by atoms with Gasteiger partial charge in [-0.05, 0) is 60.2 Å². The molecular weight excluding hydrogens is 426 g/mol. The standard InChI is InChI=1S/C28H29N3O3/c1-30(2)24-13-12-22(19-8-5-6-9-20(19)24)28(32)31-17-23(21-10-7-15-29-27(21)31)18-11-14-25(33-3)26(16-18)34-4/h6-7,9,11-17,21H,5,8,10H2,1-4H3. The summed E-state index contributed by atoms with van der Waals surface area (Å²) in [5.41, 5.74) is 6.15. The Hall–Kier alpha value is -3.80. The molecule has 2 aliphatic heterocycles. The van der Waals surface area contributed by atoms with Gasteiger partial charge in [-0.15, -0.1) is 0 Å². The number of aliphatic imine (C=N–C) groups is 1. The molecule has 0 N–H and O–H groups in total. The molecule has 6 nitrogen and oxygen atoms in total. The Bertz CT molecular complexity index is 1270. The molecule has 0 saturated heterocycles. The van der Waals surface area contributed by atoms with Crippen molar-refractivity contribution in [3.8, 4) is 11.5 Å². The first-order chi connectivity index (χ1) is 16.5. The van der Waals surface area contributed by atoms with E-state index in [1.807, 2.05) is 50.6 Å². The van der Waals surface area contributed by atoms with Crippen LogP contribution >= 0.6 is 0 Å². The number of rotatable bonds is 5. The van der Waals surface area contributed by atoms with Crippen LogP contribution in [0.15, 0.2) is 59.9 Å². The first-order valence-electron chi connectivity index (χ1n) is 11.5. The summed E-state index contributed by atoms with van der Waals surface area (Å²) in [5.74, 6) is 2.09. The number of carbonyl (C=O) groups is 1. The molecule has 0 spiro atoms. The van der Waals surface area contributed by atoms with Gasteiger partial charge >= 0.3 is 0 Å². The summed E-state index contributed by atoms with van der Waals surface area (Å²) in [7, 11) is 7.32. The van der Waals surface area contributed by atoms with Crippen LogP contribution in [0.25, 0.3) is 11.6 Å². The van der Waals surface area contributed by atoms with E-state index in [9.17, 15) is 4.79 Å². The Kier molecular flexibility index (Phi) is 5.74. The number of ether oxygens (including phenoxy) is 2. The molecular formula is C28H29N3O3. The van der Waals surface area contributed by atoms with Gasteiger partial charge in [0.2, 0.25) is 0 Å². The van der Waals surface area contributed by atoms with Crippen LogP contribution in [0.3, 0.4) is 0 Å². The summed E-state index contributed by atoms with van der Waals surface area (Å²) in [6.07, 6.45) is 12.7. The summed E-state index contributed by atoms with van der Waals surface area (Å²) in [4.78, 5) is 22.4. The highest BCUT2D eigenvalue weighted by molar-refractivity contribution is 6.15. The molecule has 2 aromatic carbocycles. The van der Waals surface area contributed by atoms with E-state index in [1.54, 1.807) is 25.3 Å². The maximum atomic E-state index is 13.9. The third kappa shape index (κ3) is 3.59. The van der Waals surface area contributed by atoms with Crippen LogP contribution in [0.1, 0.15) is 39.9 Å². The maximum absolute atomic E-state index is 13.9. The van der Waals surface area contributed by atoms with E-state index in [0.29, 0.717) is 11.5 Å². The number of benzene rings is 2. The summed E-state index contributed by atoms with van der Waals surface area (Å²) in [5, 5.41) is 0. The Morgan fingerprint density at radius 1 is 1.09 bits per heavy atom. The van der Waals surface area contributed by atoms with Gasteiger partial charge in [0.15, 0.2) is 11.5 Å². The SMILES string of the molecule is COc1ccc(C2=CN(C(=O)c3ccc(N(C)C)c4c3CCC=C4)C3=NC=CCC23)cc1OC. The number of carbonyl (C=O) groups excluding carboxylic acids is 1. The molecule has 174 valence electrons. The van der Waals surface area contributed by atoms with Crippen molar-refractivity contribution in [1.29, 1.82) is 0 Å². The van der Waals surface area contributed by atoms with Crippen LogP contribution in [0.4, 0.5) is 5.69 Å². The Balaban J connectivity index is 1.58. The van der Waals surface area contributed by atoms with E-state index in [2.05, 4.69) is 28.1 Å². The fourth-order valence-corrected chi connectivity index (χ4v) is 5.02.